The highest BCUT2D eigenvalue weighted by molar-refractivity contribution is 5.67. The van der Waals surface area contributed by atoms with Crippen LogP contribution in [0, 0.1) is 0 Å². The number of ether oxygens (including phenoxy) is 2. The zero-order chi connectivity index (χ0) is 16.9. The summed E-state index contributed by atoms with van der Waals surface area (Å²) in [5.41, 5.74) is -0.691. The number of hydrogen-bond donors (Lipinski definition) is 0. The molecule has 1 aromatic carbocycles. The lowest BCUT2D eigenvalue weighted by Gasteiger charge is -2.33. The quantitative estimate of drug-likeness (QED) is 0.849. The summed E-state index contributed by atoms with van der Waals surface area (Å²) < 4.78 is 47.5. The standard InChI is InChI=1S/C15H19F3N2O3/c1-22-14(21)20-8-6-19(7-9-20)10-11-23-13-4-2-12(3-5-13)15(16,17)18/h2-5H,6-11H2,1H3. The first-order valence-electron chi connectivity index (χ1n) is 7.25. The lowest BCUT2D eigenvalue weighted by atomic mass is 10.2. The van der Waals surface area contributed by atoms with Gasteiger partial charge in [0, 0.05) is 32.7 Å². The summed E-state index contributed by atoms with van der Waals surface area (Å²) in [6, 6.07) is 4.64. The highest BCUT2D eigenvalue weighted by atomic mass is 19.4. The molecule has 0 N–H and O–H groups in total. The number of carbonyl (C=O) groups is 1. The van der Waals surface area contributed by atoms with E-state index in [1.807, 2.05) is 0 Å². The zero-order valence-corrected chi connectivity index (χ0v) is 12.8. The monoisotopic (exact) mass is 332 g/mol. The van der Waals surface area contributed by atoms with Gasteiger partial charge >= 0.3 is 12.3 Å². The molecule has 1 fully saturated rings. The Morgan fingerprint density at radius 3 is 2.26 bits per heavy atom. The Morgan fingerprint density at radius 1 is 1.13 bits per heavy atom. The molecule has 0 atom stereocenters. The Kier molecular flexibility index (Phi) is 5.70. The molecule has 1 saturated heterocycles. The maximum absolute atomic E-state index is 12.4. The van der Waals surface area contributed by atoms with Crippen molar-refractivity contribution in [2.24, 2.45) is 0 Å². The van der Waals surface area contributed by atoms with E-state index in [4.69, 9.17) is 4.74 Å². The molecule has 1 aromatic rings. The Labute approximate surface area is 132 Å². The molecule has 1 heterocycles. The first-order valence-corrected chi connectivity index (χ1v) is 7.25. The van der Waals surface area contributed by atoms with E-state index in [0.29, 0.717) is 45.1 Å². The van der Waals surface area contributed by atoms with Gasteiger partial charge in [-0.3, -0.25) is 4.90 Å². The number of nitrogens with zero attached hydrogens (tertiary/aromatic N) is 2. The summed E-state index contributed by atoms with van der Waals surface area (Å²) in [6.07, 6.45) is -4.66. The third kappa shape index (κ3) is 5.02. The third-order valence-corrected chi connectivity index (χ3v) is 3.66. The Morgan fingerprint density at radius 2 is 1.74 bits per heavy atom. The Balaban J connectivity index is 1.71. The van der Waals surface area contributed by atoms with Gasteiger partial charge in [0.1, 0.15) is 12.4 Å². The van der Waals surface area contributed by atoms with Crippen molar-refractivity contribution in [3.8, 4) is 5.75 Å². The number of hydrogen-bond acceptors (Lipinski definition) is 4. The number of piperazine rings is 1. The van der Waals surface area contributed by atoms with Crippen molar-refractivity contribution in [1.82, 2.24) is 9.80 Å². The van der Waals surface area contributed by atoms with Gasteiger partial charge in [0.15, 0.2) is 0 Å². The lowest BCUT2D eigenvalue weighted by molar-refractivity contribution is -0.137. The van der Waals surface area contributed by atoms with Crippen LogP contribution < -0.4 is 4.74 Å². The van der Waals surface area contributed by atoms with Crippen LogP contribution in [0.25, 0.3) is 0 Å². The number of rotatable bonds is 4. The summed E-state index contributed by atoms with van der Waals surface area (Å²) in [4.78, 5) is 15.1. The van der Waals surface area contributed by atoms with Gasteiger partial charge < -0.3 is 14.4 Å². The van der Waals surface area contributed by atoms with E-state index in [1.54, 1.807) is 4.90 Å². The minimum atomic E-state index is -4.34. The second-order valence-electron chi connectivity index (χ2n) is 5.17. The van der Waals surface area contributed by atoms with Gasteiger partial charge in [0.2, 0.25) is 0 Å². The van der Waals surface area contributed by atoms with E-state index < -0.39 is 11.7 Å². The van der Waals surface area contributed by atoms with Crippen LogP contribution in [-0.2, 0) is 10.9 Å². The molecule has 0 saturated carbocycles. The van der Waals surface area contributed by atoms with Crippen molar-refractivity contribution < 1.29 is 27.4 Å². The van der Waals surface area contributed by atoms with E-state index in [-0.39, 0.29) is 6.09 Å². The molecule has 128 valence electrons. The molecule has 5 nitrogen and oxygen atoms in total. The minimum absolute atomic E-state index is 0.328. The van der Waals surface area contributed by atoms with Crippen LogP contribution >= 0.6 is 0 Å². The lowest BCUT2D eigenvalue weighted by Crippen LogP contribution is -2.49. The van der Waals surface area contributed by atoms with E-state index in [0.717, 1.165) is 12.1 Å². The van der Waals surface area contributed by atoms with Crippen LogP contribution in [0.1, 0.15) is 5.56 Å². The highest BCUT2D eigenvalue weighted by Gasteiger charge is 2.30. The summed E-state index contributed by atoms with van der Waals surface area (Å²) in [7, 11) is 1.35. The molecule has 1 aliphatic heterocycles. The fraction of sp³-hybridized carbons (Fsp3) is 0.533. The molecule has 2 rings (SSSR count). The van der Waals surface area contributed by atoms with Gasteiger partial charge in [0.05, 0.1) is 12.7 Å². The average molecular weight is 332 g/mol. The number of alkyl halides is 3. The van der Waals surface area contributed by atoms with Gasteiger partial charge in [-0.15, -0.1) is 0 Å². The van der Waals surface area contributed by atoms with Crippen LogP contribution in [0.15, 0.2) is 24.3 Å². The Bertz CT molecular complexity index is 512. The number of methoxy groups -OCH3 is 1. The molecular weight excluding hydrogens is 313 g/mol. The van der Waals surface area contributed by atoms with Crippen LogP contribution in [-0.4, -0.2) is 62.3 Å². The summed E-state index contributed by atoms with van der Waals surface area (Å²) in [5, 5.41) is 0. The fourth-order valence-corrected chi connectivity index (χ4v) is 2.32. The minimum Gasteiger partial charge on any atom is -0.492 e. The molecule has 0 aliphatic carbocycles. The van der Waals surface area contributed by atoms with E-state index in [2.05, 4.69) is 9.64 Å². The van der Waals surface area contributed by atoms with Crippen LogP contribution in [0.3, 0.4) is 0 Å². The predicted molar refractivity (Wildman–Crippen MR) is 77.4 cm³/mol. The molecule has 0 radical (unpaired) electrons. The number of amides is 1. The van der Waals surface area contributed by atoms with Crippen molar-refractivity contribution in [2.75, 3.05) is 46.4 Å². The van der Waals surface area contributed by atoms with Crippen LogP contribution in [0.2, 0.25) is 0 Å². The fourth-order valence-electron chi connectivity index (χ4n) is 2.32. The molecule has 0 spiro atoms. The summed E-state index contributed by atoms with van der Waals surface area (Å²) in [6.45, 7) is 3.64. The zero-order valence-electron chi connectivity index (χ0n) is 12.8. The topological polar surface area (TPSA) is 42.0 Å². The maximum Gasteiger partial charge on any atom is 0.416 e. The molecular formula is C15H19F3N2O3. The van der Waals surface area contributed by atoms with Crippen LogP contribution in [0.4, 0.5) is 18.0 Å². The smallest absolute Gasteiger partial charge is 0.416 e. The van der Waals surface area contributed by atoms with E-state index in [1.165, 1.54) is 19.2 Å². The maximum atomic E-state index is 12.4. The molecule has 0 aromatic heterocycles. The number of benzene rings is 1. The average Bonchev–Trinajstić information content (AvgIpc) is 2.54. The number of carbonyl (C=O) groups excluding carboxylic acids is 1. The molecule has 0 unspecified atom stereocenters. The second kappa shape index (κ2) is 7.54. The van der Waals surface area contributed by atoms with Gasteiger partial charge in [-0.2, -0.15) is 13.2 Å². The first kappa shape index (κ1) is 17.4. The number of halogens is 3. The molecule has 1 amide bonds. The highest BCUT2D eigenvalue weighted by Crippen LogP contribution is 2.30. The SMILES string of the molecule is COC(=O)N1CCN(CCOc2ccc(C(F)(F)F)cc2)CC1. The van der Waals surface area contributed by atoms with Gasteiger partial charge in [-0.1, -0.05) is 0 Å². The Hall–Kier alpha value is -1.96. The van der Waals surface area contributed by atoms with E-state index in [9.17, 15) is 18.0 Å². The van der Waals surface area contributed by atoms with Crippen molar-refractivity contribution in [1.29, 1.82) is 0 Å². The third-order valence-electron chi connectivity index (χ3n) is 3.66. The second-order valence-corrected chi connectivity index (χ2v) is 5.17. The van der Waals surface area contributed by atoms with Crippen LogP contribution in [0.5, 0.6) is 5.75 Å². The summed E-state index contributed by atoms with van der Waals surface area (Å²) in [5.74, 6) is 0.409. The van der Waals surface area contributed by atoms with Crippen molar-refractivity contribution >= 4 is 6.09 Å². The van der Waals surface area contributed by atoms with E-state index >= 15 is 0 Å². The predicted octanol–water partition coefficient (Wildman–Crippen LogP) is 2.47. The van der Waals surface area contributed by atoms with Gasteiger partial charge in [-0.25, -0.2) is 4.79 Å². The van der Waals surface area contributed by atoms with Crippen molar-refractivity contribution in [3.05, 3.63) is 29.8 Å². The summed E-state index contributed by atoms with van der Waals surface area (Å²) >= 11 is 0. The molecule has 23 heavy (non-hydrogen) atoms. The van der Waals surface area contributed by atoms with Crippen molar-refractivity contribution in [2.45, 2.75) is 6.18 Å². The molecule has 1 aliphatic rings. The largest absolute Gasteiger partial charge is 0.492 e. The van der Waals surface area contributed by atoms with Gasteiger partial charge in [-0.05, 0) is 24.3 Å². The molecule has 0 bridgehead atoms. The van der Waals surface area contributed by atoms with Crippen molar-refractivity contribution in [3.63, 3.8) is 0 Å². The molecule has 8 heteroatoms. The van der Waals surface area contributed by atoms with Gasteiger partial charge in [0.25, 0.3) is 0 Å². The first-order chi connectivity index (χ1) is 10.9. The normalized spacial score (nSPS) is 16.3.